The molecule has 1 amide bonds. The van der Waals surface area contributed by atoms with Gasteiger partial charge in [0.15, 0.2) is 0 Å². The summed E-state index contributed by atoms with van der Waals surface area (Å²) in [7, 11) is 0. The number of ether oxygens (including phenoxy) is 1. The standard InChI is InChI=1S/C18H22N4O3/c1-11-14-15(21-20-11)12-7-5-6-8-13(12)22(16(14)23)10-9-19-17(24)25-18(2,3)4/h5-8H,9-10H2,1-4H3,(H,19,24)(H,20,21). The minimum absolute atomic E-state index is 0.120. The highest BCUT2D eigenvalue weighted by Gasteiger charge is 2.17. The number of fused-ring (bicyclic) bond motifs is 3. The van der Waals surface area contributed by atoms with E-state index >= 15 is 0 Å². The van der Waals surface area contributed by atoms with Crippen molar-refractivity contribution in [3.8, 4) is 0 Å². The van der Waals surface area contributed by atoms with E-state index in [-0.39, 0.29) is 5.56 Å². The Hall–Kier alpha value is -2.83. The van der Waals surface area contributed by atoms with Crippen molar-refractivity contribution < 1.29 is 9.53 Å². The third-order valence-corrected chi connectivity index (χ3v) is 3.86. The lowest BCUT2D eigenvalue weighted by Crippen LogP contribution is -2.35. The quantitative estimate of drug-likeness (QED) is 0.766. The van der Waals surface area contributed by atoms with E-state index in [4.69, 9.17) is 4.74 Å². The Balaban J connectivity index is 1.93. The van der Waals surface area contributed by atoms with Crippen molar-refractivity contribution in [1.29, 1.82) is 0 Å². The van der Waals surface area contributed by atoms with Gasteiger partial charge in [0.2, 0.25) is 0 Å². The molecule has 7 nitrogen and oxygen atoms in total. The number of aromatic nitrogens is 3. The van der Waals surface area contributed by atoms with Gasteiger partial charge < -0.3 is 14.6 Å². The molecule has 25 heavy (non-hydrogen) atoms. The molecule has 0 spiro atoms. The van der Waals surface area contributed by atoms with Gasteiger partial charge in [-0.05, 0) is 33.8 Å². The number of amides is 1. The van der Waals surface area contributed by atoms with Gasteiger partial charge in [-0.1, -0.05) is 18.2 Å². The van der Waals surface area contributed by atoms with Gasteiger partial charge >= 0.3 is 6.09 Å². The first-order valence-electron chi connectivity index (χ1n) is 8.21. The summed E-state index contributed by atoms with van der Waals surface area (Å²) in [4.78, 5) is 24.7. The van der Waals surface area contributed by atoms with Gasteiger partial charge in [0.05, 0.1) is 10.9 Å². The van der Waals surface area contributed by atoms with E-state index < -0.39 is 11.7 Å². The molecular formula is C18H22N4O3. The van der Waals surface area contributed by atoms with Crippen molar-refractivity contribution in [2.75, 3.05) is 6.54 Å². The highest BCUT2D eigenvalue weighted by molar-refractivity contribution is 6.03. The zero-order valence-corrected chi connectivity index (χ0v) is 14.8. The summed E-state index contributed by atoms with van der Waals surface area (Å²) >= 11 is 0. The van der Waals surface area contributed by atoms with Crippen LogP contribution < -0.4 is 10.9 Å². The van der Waals surface area contributed by atoms with Gasteiger partial charge in [0, 0.05) is 24.2 Å². The molecule has 2 heterocycles. The fourth-order valence-corrected chi connectivity index (χ4v) is 2.85. The summed E-state index contributed by atoms with van der Waals surface area (Å²) in [5, 5.41) is 11.3. The molecule has 0 unspecified atom stereocenters. The summed E-state index contributed by atoms with van der Waals surface area (Å²) in [5.74, 6) is 0. The monoisotopic (exact) mass is 342 g/mol. The molecule has 2 aromatic heterocycles. The summed E-state index contributed by atoms with van der Waals surface area (Å²) < 4.78 is 6.88. The molecular weight excluding hydrogens is 320 g/mol. The molecule has 0 aliphatic heterocycles. The van der Waals surface area contributed by atoms with Crippen LogP contribution in [0.25, 0.3) is 21.8 Å². The number of rotatable bonds is 3. The first kappa shape index (κ1) is 17.0. The minimum Gasteiger partial charge on any atom is -0.444 e. The normalized spacial score (nSPS) is 11.8. The molecule has 0 fully saturated rings. The SMILES string of the molecule is Cc1[nH]nc2c1c(=O)n(CCNC(=O)OC(C)(C)C)c1ccccc21. The number of hydrogen-bond acceptors (Lipinski definition) is 4. The van der Waals surface area contributed by atoms with Gasteiger partial charge in [-0.2, -0.15) is 5.10 Å². The molecule has 1 aromatic carbocycles. The fourth-order valence-electron chi connectivity index (χ4n) is 2.85. The summed E-state index contributed by atoms with van der Waals surface area (Å²) in [6.07, 6.45) is -0.495. The van der Waals surface area contributed by atoms with Crippen LogP contribution in [0.15, 0.2) is 29.1 Å². The smallest absolute Gasteiger partial charge is 0.407 e. The number of pyridine rings is 1. The van der Waals surface area contributed by atoms with Crippen molar-refractivity contribution >= 4 is 27.9 Å². The van der Waals surface area contributed by atoms with E-state index in [1.54, 1.807) is 25.3 Å². The number of alkyl carbamates (subject to hydrolysis) is 1. The number of hydrogen-bond donors (Lipinski definition) is 2. The molecule has 0 atom stereocenters. The molecule has 0 aliphatic carbocycles. The first-order valence-corrected chi connectivity index (χ1v) is 8.21. The predicted octanol–water partition coefficient (Wildman–Crippen LogP) is 2.71. The highest BCUT2D eigenvalue weighted by Crippen LogP contribution is 2.22. The van der Waals surface area contributed by atoms with E-state index in [1.807, 2.05) is 31.2 Å². The number of para-hydroxylation sites is 1. The maximum absolute atomic E-state index is 12.9. The topological polar surface area (TPSA) is 89.0 Å². The number of benzene rings is 1. The lowest BCUT2D eigenvalue weighted by Gasteiger charge is -2.20. The van der Waals surface area contributed by atoms with E-state index in [0.717, 1.165) is 16.6 Å². The summed E-state index contributed by atoms with van der Waals surface area (Å²) in [6.45, 7) is 7.88. The number of nitrogens with zero attached hydrogens (tertiary/aromatic N) is 2. The molecule has 0 radical (unpaired) electrons. The van der Waals surface area contributed by atoms with Crippen molar-refractivity contribution in [2.24, 2.45) is 0 Å². The second-order valence-electron chi connectivity index (χ2n) is 6.97. The Morgan fingerprint density at radius 3 is 2.76 bits per heavy atom. The van der Waals surface area contributed by atoms with Crippen LogP contribution in [0.3, 0.4) is 0 Å². The average molecular weight is 342 g/mol. The molecule has 0 aliphatic rings. The number of H-pyrrole nitrogens is 1. The molecule has 132 valence electrons. The Kier molecular flexibility index (Phi) is 4.24. The Labute approximate surface area is 145 Å². The van der Waals surface area contributed by atoms with Crippen LogP contribution in [0.1, 0.15) is 26.5 Å². The van der Waals surface area contributed by atoms with Crippen LogP contribution in [0, 0.1) is 6.92 Å². The van der Waals surface area contributed by atoms with Crippen LogP contribution in [0.5, 0.6) is 0 Å². The van der Waals surface area contributed by atoms with Crippen molar-refractivity contribution in [3.05, 3.63) is 40.3 Å². The van der Waals surface area contributed by atoms with Gasteiger partial charge in [0.1, 0.15) is 11.1 Å². The summed E-state index contributed by atoms with van der Waals surface area (Å²) in [5.41, 5.74) is 1.53. The van der Waals surface area contributed by atoms with Gasteiger partial charge in [-0.25, -0.2) is 4.79 Å². The lowest BCUT2D eigenvalue weighted by molar-refractivity contribution is 0.0526. The van der Waals surface area contributed by atoms with Gasteiger partial charge in [0.25, 0.3) is 5.56 Å². The molecule has 7 heteroatoms. The summed E-state index contributed by atoms with van der Waals surface area (Å²) in [6, 6.07) is 7.62. The maximum Gasteiger partial charge on any atom is 0.407 e. The Morgan fingerprint density at radius 1 is 1.32 bits per heavy atom. The van der Waals surface area contributed by atoms with Crippen LogP contribution in [0.2, 0.25) is 0 Å². The van der Waals surface area contributed by atoms with E-state index in [9.17, 15) is 9.59 Å². The van der Waals surface area contributed by atoms with Crippen LogP contribution in [-0.4, -0.2) is 33.0 Å². The largest absolute Gasteiger partial charge is 0.444 e. The molecule has 0 bridgehead atoms. The number of carbonyl (C=O) groups excluding carboxylic acids is 1. The molecule has 2 N–H and O–H groups in total. The van der Waals surface area contributed by atoms with Crippen LogP contribution in [0.4, 0.5) is 4.79 Å². The van der Waals surface area contributed by atoms with E-state index in [1.165, 1.54) is 0 Å². The number of aromatic amines is 1. The van der Waals surface area contributed by atoms with Crippen molar-refractivity contribution in [3.63, 3.8) is 0 Å². The average Bonchev–Trinajstić information content (AvgIpc) is 2.91. The molecule has 3 aromatic rings. The van der Waals surface area contributed by atoms with Gasteiger partial charge in [-0.3, -0.25) is 9.89 Å². The van der Waals surface area contributed by atoms with Gasteiger partial charge in [-0.15, -0.1) is 0 Å². The fraction of sp³-hybridized carbons (Fsp3) is 0.389. The van der Waals surface area contributed by atoms with Crippen molar-refractivity contribution in [1.82, 2.24) is 20.1 Å². The Morgan fingerprint density at radius 2 is 2.04 bits per heavy atom. The molecule has 0 saturated carbocycles. The van der Waals surface area contributed by atoms with Crippen molar-refractivity contribution in [2.45, 2.75) is 39.8 Å². The lowest BCUT2D eigenvalue weighted by atomic mass is 10.1. The third kappa shape index (κ3) is 3.35. The van der Waals surface area contributed by atoms with Crippen LogP contribution in [-0.2, 0) is 11.3 Å². The maximum atomic E-state index is 12.9. The molecule has 0 saturated heterocycles. The van der Waals surface area contributed by atoms with E-state index in [2.05, 4.69) is 15.5 Å². The Bertz CT molecular complexity index is 995. The number of nitrogens with one attached hydrogen (secondary N) is 2. The van der Waals surface area contributed by atoms with Crippen LogP contribution >= 0.6 is 0 Å². The molecule has 3 rings (SSSR count). The minimum atomic E-state index is -0.555. The van der Waals surface area contributed by atoms with E-state index in [0.29, 0.717) is 24.0 Å². The zero-order valence-electron chi connectivity index (χ0n) is 14.8. The number of carbonyl (C=O) groups is 1. The highest BCUT2D eigenvalue weighted by atomic mass is 16.6. The second kappa shape index (κ2) is 6.23. The zero-order chi connectivity index (χ0) is 18.2. The second-order valence-corrected chi connectivity index (χ2v) is 6.97. The third-order valence-electron chi connectivity index (χ3n) is 3.86. The first-order chi connectivity index (χ1) is 11.8. The predicted molar refractivity (Wildman–Crippen MR) is 96.8 cm³/mol. The number of aryl methyl sites for hydroxylation is 1.